The summed E-state index contributed by atoms with van der Waals surface area (Å²) in [5, 5.41) is 0. The average molecular weight is 335 g/mol. The number of carbonyl (C=O) groups is 1. The molecule has 0 unspecified atom stereocenters. The maximum absolute atomic E-state index is 13.1. The molecule has 3 atom stereocenters. The highest BCUT2D eigenvalue weighted by atomic mass is 16.2. The highest BCUT2D eigenvalue weighted by Crippen LogP contribution is 2.37. The van der Waals surface area contributed by atoms with E-state index in [1.807, 2.05) is 19.1 Å². The van der Waals surface area contributed by atoms with Gasteiger partial charge in [0, 0.05) is 18.0 Å². The van der Waals surface area contributed by atoms with Crippen molar-refractivity contribution < 1.29 is 4.79 Å². The Balaban J connectivity index is 1.78. The van der Waals surface area contributed by atoms with Crippen LogP contribution in [0, 0.1) is 5.92 Å². The molecule has 2 nitrogen and oxygen atoms in total. The highest BCUT2D eigenvalue weighted by Gasteiger charge is 2.38. The Bertz CT molecular complexity index is 687. The number of rotatable bonds is 7. The van der Waals surface area contributed by atoms with Gasteiger partial charge in [0.1, 0.15) is 0 Å². The van der Waals surface area contributed by atoms with Crippen molar-refractivity contribution in [1.29, 1.82) is 0 Å². The van der Waals surface area contributed by atoms with Gasteiger partial charge in [-0.2, -0.15) is 0 Å². The second-order valence-electron chi connectivity index (χ2n) is 7.38. The second kappa shape index (κ2) is 7.86. The summed E-state index contributed by atoms with van der Waals surface area (Å²) < 4.78 is 0. The predicted octanol–water partition coefficient (Wildman–Crippen LogP) is 5.16. The molecule has 0 aromatic heterocycles. The molecule has 0 N–H and O–H groups in total. The zero-order chi connectivity index (χ0) is 17.8. The van der Waals surface area contributed by atoms with Crippen LogP contribution in [0.4, 0.5) is 0 Å². The van der Waals surface area contributed by atoms with Crippen molar-refractivity contribution in [2.75, 3.05) is 0 Å². The normalized spacial score (nSPS) is 23.1. The smallest absolute Gasteiger partial charge is 0.226 e. The Labute approximate surface area is 151 Å². The van der Waals surface area contributed by atoms with Crippen molar-refractivity contribution in [2.45, 2.75) is 57.5 Å². The molecule has 1 heterocycles. The monoisotopic (exact) mass is 335 g/mol. The minimum absolute atomic E-state index is 0.00950. The standard InChI is InChI=1S/C23H29NO/c1-4-8-17(3)23(25)24-20(9-5-2)14-15-21(24)16-19-13-12-18-10-6-7-11-22(18)19/h4-7,10-11,13,17,20-21H,1-2,8-9,12,14-16H2,3H3/t17-,20-,21-/m0/s1. The summed E-state index contributed by atoms with van der Waals surface area (Å²) in [5.41, 5.74) is 4.20. The molecule has 1 aliphatic heterocycles. The number of hydrogen-bond acceptors (Lipinski definition) is 1. The number of likely N-dealkylation sites (tertiary alicyclic amines) is 1. The first kappa shape index (κ1) is 17.7. The van der Waals surface area contributed by atoms with Crippen LogP contribution >= 0.6 is 0 Å². The molecule has 1 aromatic rings. The molecule has 1 fully saturated rings. The van der Waals surface area contributed by atoms with Crippen LogP contribution in [-0.4, -0.2) is 22.9 Å². The molecule has 3 rings (SSSR count). The van der Waals surface area contributed by atoms with Gasteiger partial charge in [0.15, 0.2) is 0 Å². The first-order valence-corrected chi connectivity index (χ1v) is 9.47. The third kappa shape index (κ3) is 3.63. The van der Waals surface area contributed by atoms with Gasteiger partial charge < -0.3 is 4.90 Å². The molecule has 25 heavy (non-hydrogen) atoms. The Hall–Kier alpha value is -2.09. The average Bonchev–Trinajstić information content (AvgIpc) is 3.20. The van der Waals surface area contributed by atoms with Gasteiger partial charge in [-0.25, -0.2) is 0 Å². The van der Waals surface area contributed by atoms with Crippen molar-refractivity contribution in [2.24, 2.45) is 5.92 Å². The lowest BCUT2D eigenvalue weighted by Gasteiger charge is -2.32. The molecule has 0 radical (unpaired) electrons. The number of benzene rings is 1. The van der Waals surface area contributed by atoms with Crippen molar-refractivity contribution >= 4 is 11.5 Å². The van der Waals surface area contributed by atoms with E-state index in [1.165, 1.54) is 16.7 Å². The van der Waals surface area contributed by atoms with E-state index < -0.39 is 0 Å². The first-order valence-electron chi connectivity index (χ1n) is 9.47. The zero-order valence-electron chi connectivity index (χ0n) is 15.3. The van der Waals surface area contributed by atoms with E-state index in [1.54, 1.807) is 0 Å². The van der Waals surface area contributed by atoms with E-state index in [2.05, 4.69) is 48.4 Å². The number of allylic oxidation sites excluding steroid dienone is 2. The fraction of sp³-hybridized carbons (Fsp3) is 0.435. The van der Waals surface area contributed by atoms with E-state index in [0.717, 1.165) is 38.5 Å². The van der Waals surface area contributed by atoms with Crippen LogP contribution in [0.25, 0.3) is 5.57 Å². The molecular formula is C23H29NO. The highest BCUT2D eigenvalue weighted by molar-refractivity contribution is 5.80. The van der Waals surface area contributed by atoms with Gasteiger partial charge in [-0.1, -0.05) is 49.4 Å². The van der Waals surface area contributed by atoms with Crippen LogP contribution in [0.5, 0.6) is 0 Å². The Morgan fingerprint density at radius 1 is 1.24 bits per heavy atom. The summed E-state index contributed by atoms with van der Waals surface area (Å²) in [4.78, 5) is 15.3. The Morgan fingerprint density at radius 3 is 2.76 bits per heavy atom. The lowest BCUT2D eigenvalue weighted by Crippen LogP contribution is -2.43. The number of nitrogens with zero attached hydrogens (tertiary/aromatic N) is 1. The molecule has 0 spiro atoms. The molecule has 1 aromatic carbocycles. The van der Waals surface area contributed by atoms with E-state index in [4.69, 9.17) is 0 Å². The lowest BCUT2D eigenvalue weighted by atomic mass is 9.97. The number of hydrogen-bond donors (Lipinski definition) is 0. The summed E-state index contributed by atoms with van der Waals surface area (Å²) in [5.74, 6) is 0.288. The summed E-state index contributed by atoms with van der Waals surface area (Å²) in [6, 6.07) is 9.27. The topological polar surface area (TPSA) is 20.3 Å². The molecule has 132 valence electrons. The second-order valence-corrected chi connectivity index (χ2v) is 7.38. The van der Waals surface area contributed by atoms with Gasteiger partial charge in [-0.3, -0.25) is 4.79 Å². The van der Waals surface area contributed by atoms with Gasteiger partial charge >= 0.3 is 0 Å². The maximum Gasteiger partial charge on any atom is 0.226 e. The third-order valence-electron chi connectivity index (χ3n) is 5.64. The van der Waals surface area contributed by atoms with Crippen LogP contribution < -0.4 is 0 Å². The van der Waals surface area contributed by atoms with Gasteiger partial charge in [0.25, 0.3) is 0 Å². The van der Waals surface area contributed by atoms with E-state index in [9.17, 15) is 4.79 Å². The minimum atomic E-state index is 0.00950. The molecule has 1 aliphatic carbocycles. The predicted molar refractivity (Wildman–Crippen MR) is 105 cm³/mol. The molecule has 2 heteroatoms. The van der Waals surface area contributed by atoms with Crippen molar-refractivity contribution in [3.63, 3.8) is 0 Å². The van der Waals surface area contributed by atoms with E-state index >= 15 is 0 Å². The SMILES string of the molecule is C=CC[C@H]1CC[C@@H](CC2=CCc3ccccc32)N1C(=O)[C@@H](C)CC=C. The molecule has 0 bridgehead atoms. The Morgan fingerprint density at radius 2 is 2.00 bits per heavy atom. The summed E-state index contributed by atoms with van der Waals surface area (Å²) in [6.07, 6.45) is 11.9. The van der Waals surface area contributed by atoms with Crippen LogP contribution in [0.2, 0.25) is 0 Å². The van der Waals surface area contributed by atoms with Gasteiger partial charge in [0.2, 0.25) is 5.91 Å². The first-order chi connectivity index (χ1) is 12.2. The fourth-order valence-electron chi connectivity index (χ4n) is 4.35. The van der Waals surface area contributed by atoms with Crippen molar-refractivity contribution in [3.05, 3.63) is 66.8 Å². The van der Waals surface area contributed by atoms with Crippen molar-refractivity contribution in [3.8, 4) is 0 Å². The van der Waals surface area contributed by atoms with Gasteiger partial charge in [-0.05, 0) is 55.2 Å². The minimum Gasteiger partial charge on any atom is -0.336 e. The number of amides is 1. The maximum atomic E-state index is 13.1. The Kier molecular flexibility index (Phi) is 5.57. The zero-order valence-corrected chi connectivity index (χ0v) is 15.3. The molecule has 1 saturated heterocycles. The van der Waals surface area contributed by atoms with Gasteiger partial charge in [-0.15, -0.1) is 13.2 Å². The third-order valence-corrected chi connectivity index (χ3v) is 5.64. The van der Waals surface area contributed by atoms with Crippen molar-refractivity contribution in [1.82, 2.24) is 4.90 Å². The van der Waals surface area contributed by atoms with E-state index in [-0.39, 0.29) is 11.8 Å². The van der Waals surface area contributed by atoms with E-state index in [0.29, 0.717) is 12.1 Å². The molecule has 0 saturated carbocycles. The summed E-state index contributed by atoms with van der Waals surface area (Å²) >= 11 is 0. The summed E-state index contributed by atoms with van der Waals surface area (Å²) in [6.45, 7) is 9.71. The van der Waals surface area contributed by atoms with Crippen LogP contribution in [0.15, 0.2) is 55.7 Å². The number of carbonyl (C=O) groups excluding carboxylic acids is 1. The lowest BCUT2D eigenvalue weighted by molar-refractivity contribution is -0.137. The molecular weight excluding hydrogens is 306 g/mol. The van der Waals surface area contributed by atoms with Gasteiger partial charge in [0.05, 0.1) is 0 Å². The quantitative estimate of drug-likeness (QED) is 0.630. The van der Waals surface area contributed by atoms with Crippen LogP contribution in [0.3, 0.4) is 0 Å². The fourth-order valence-corrected chi connectivity index (χ4v) is 4.35. The van der Waals surface area contributed by atoms with Crippen LogP contribution in [-0.2, 0) is 11.2 Å². The molecule has 1 amide bonds. The molecule has 2 aliphatic rings. The number of fused-ring (bicyclic) bond motifs is 1. The largest absolute Gasteiger partial charge is 0.336 e. The summed E-state index contributed by atoms with van der Waals surface area (Å²) in [7, 11) is 0. The van der Waals surface area contributed by atoms with Crippen LogP contribution in [0.1, 0.15) is 50.2 Å².